The zero-order valence-electron chi connectivity index (χ0n) is 13.2. The van der Waals surface area contributed by atoms with Gasteiger partial charge in [-0.1, -0.05) is 29.1 Å². The summed E-state index contributed by atoms with van der Waals surface area (Å²) < 4.78 is 16.4. The average molecular weight is 331 g/mol. The maximum atomic E-state index is 5.64. The summed E-state index contributed by atoms with van der Waals surface area (Å²) in [5, 5.41) is 12.5. The first kappa shape index (κ1) is 15.6. The number of nitrogens with zero attached hydrogens (tertiary/aromatic N) is 3. The van der Waals surface area contributed by atoms with Crippen molar-refractivity contribution in [3.63, 3.8) is 0 Å². The number of rotatable bonds is 6. The van der Waals surface area contributed by atoms with E-state index < -0.39 is 0 Å². The molecule has 6 nitrogen and oxygen atoms in total. The molecule has 7 heteroatoms. The summed E-state index contributed by atoms with van der Waals surface area (Å²) >= 11 is 1.46. The Kier molecular flexibility index (Phi) is 4.66. The van der Waals surface area contributed by atoms with Gasteiger partial charge in [-0.2, -0.15) is 0 Å². The van der Waals surface area contributed by atoms with E-state index in [4.69, 9.17) is 13.7 Å². The number of aryl methyl sites for hydroxylation is 3. The highest BCUT2D eigenvalue weighted by molar-refractivity contribution is 7.98. The minimum absolute atomic E-state index is 0.252. The monoisotopic (exact) mass is 331 g/mol. The van der Waals surface area contributed by atoms with Crippen LogP contribution in [0, 0.1) is 20.8 Å². The van der Waals surface area contributed by atoms with Gasteiger partial charge in [0.2, 0.25) is 0 Å². The third-order valence-corrected chi connectivity index (χ3v) is 4.17. The molecular formula is C16H17N3O3S. The van der Waals surface area contributed by atoms with Gasteiger partial charge in [-0.3, -0.25) is 0 Å². The van der Waals surface area contributed by atoms with Gasteiger partial charge in [-0.05, 0) is 38.5 Å². The van der Waals surface area contributed by atoms with E-state index in [0.717, 1.165) is 28.3 Å². The predicted molar refractivity (Wildman–Crippen MR) is 85.3 cm³/mol. The van der Waals surface area contributed by atoms with Crippen molar-refractivity contribution in [3.8, 4) is 5.75 Å². The molecule has 0 aliphatic rings. The number of aromatic nitrogens is 3. The summed E-state index contributed by atoms with van der Waals surface area (Å²) in [6, 6.07) is 7.83. The van der Waals surface area contributed by atoms with Gasteiger partial charge in [-0.15, -0.1) is 10.2 Å². The number of hydrogen-bond donors (Lipinski definition) is 0. The lowest BCUT2D eigenvalue weighted by molar-refractivity contribution is 0.252. The highest BCUT2D eigenvalue weighted by Crippen LogP contribution is 2.25. The Morgan fingerprint density at radius 1 is 1.17 bits per heavy atom. The summed E-state index contributed by atoms with van der Waals surface area (Å²) in [7, 11) is 0. The minimum atomic E-state index is 0.252. The van der Waals surface area contributed by atoms with Crippen LogP contribution < -0.4 is 4.74 Å². The van der Waals surface area contributed by atoms with E-state index in [1.807, 2.05) is 45.0 Å². The van der Waals surface area contributed by atoms with Gasteiger partial charge in [0, 0.05) is 11.3 Å². The maximum absolute atomic E-state index is 5.64. The van der Waals surface area contributed by atoms with E-state index in [1.54, 1.807) is 0 Å². The van der Waals surface area contributed by atoms with Crippen molar-refractivity contribution >= 4 is 11.8 Å². The van der Waals surface area contributed by atoms with E-state index in [-0.39, 0.29) is 6.61 Å². The molecule has 2 aromatic heterocycles. The average Bonchev–Trinajstić information content (AvgIpc) is 3.11. The van der Waals surface area contributed by atoms with Gasteiger partial charge in [-0.25, -0.2) is 0 Å². The van der Waals surface area contributed by atoms with Crippen molar-refractivity contribution in [3.05, 3.63) is 52.7 Å². The molecule has 0 spiro atoms. The summed E-state index contributed by atoms with van der Waals surface area (Å²) in [5.74, 6) is 2.74. The molecule has 23 heavy (non-hydrogen) atoms. The maximum Gasteiger partial charge on any atom is 0.277 e. The summed E-state index contributed by atoms with van der Waals surface area (Å²) in [5.41, 5.74) is 3.09. The van der Waals surface area contributed by atoms with Crippen LogP contribution in [-0.4, -0.2) is 15.4 Å². The standard InChI is InChI=1S/C16H17N3O3S/c1-10-5-4-6-13(7-10)20-8-15-17-18-16(21-15)23-9-14-11(2)19-22-12(14)3/h4-7H,8-9H2,1-3H3. The Bertz CT molecular complexity index is 778. The largest absolute Gasteiger partial charge is 0.484 e. The highest BCUT2D eigenvalue weighted by Gasteiger charge is 2.13. The van der Waals surface area contributed by atoms with Crippen molar-refractivity contribution in [2.24, 2.45) is 0 Å². The smallest absolute Gasteiger partial charge is 0.277 e. The fourth-order valence-corrected chi connectivity index (χ4v) is 2.98. The fourth-order valence-electron chi connectivity index (χ4n) is 2.05. The topological polar surface area (TPSA) is 74.2 Å². The van der Waals surface area contributed by atoms with Gasteiger partial charge in [0.1, 0.15) is 11.5 Å². The minimum Gasteiger partial charge on any atom is -0.484 e. The van der Waals surface area contributed by atoms with Gasteiger partial charge >= 0.3 is 0 Å². The van der Waals surface area contributed by atoms with Crippen LogP contribution >= 0.6 is 11.8 Å². The summed E-state index contributed by atoms with van der Waals surface area (Å²) in [6.07, 6.45) is 0. The molecule has 0 aliphatic heterocycles. The normalized spacial score (nSPS) is 10.9. The molecule has 3 aromatic rings. The first-order chi connectivity index (χ1) is 11.1. The Balaban J connectivity index is 1.56. The van der Waals surface area contributed by atoms with E-state index in [2.05, 4.69) is 15.4 Å². The number of hydrogen-bond acceptors (Lipinski definition) is 7. The molecule has 0 aliphatic carbocycles. The van der Waals surface area contributed by atoms with Gasteiger partial charge in [0.05, 0.1) is 5.69 Å². The van der Waals surface area contributed by atoms with Crippen molar-refractivity contribution in [1.29, 1.82) is 0 Å². The number of thioether (sulfide) groups is 1. The molecule has 0 radical (unpaired) electrons. The summed E-state index contributed by atoms with van der Waals surface area (Å²) in [6.45, 7) is 6.08. The van der Waals surface area contributed by atoms with Crippen LogP contribution in [-0.2, 0) is 12.4 Å². The molecule has 0 bridgehead atoms. The van der Waals surface area contributed by atoms with Crippen molar-refractivity contribution in [2.45, 2.75) is 38.4 Å². The molecule has 0 saturated heterocycles. The second kappa shape index (κ2) is 6.87. The van der Waals surface area contributed by atoms with Gasteiger partial charge < -0.3 is 13.7 Å². The molecule has 3 rings (SSSR count). The molecule has 0 atom stereocenters. The van der Waals surface area contributed by atoms with E-state index >= 15 is 0 Å². The zero-order chi connectivity index (χ0) is 16.2. The Hall–Kier alpha value is -2.28. The third kappa shape index (κ3) is 3.92. The molecular weight excluding hydrogens is 314 g/mol. The van der Waals surface area contributed by atoms with E-state index in [1.165, 1.54) is 11.8 Å². The van der Waals surface area contributed by atoms with Crippen LogP contribution in [0.1, 0.15) is 28.5 Å². The Morgan fingerprint density at radius 2 is 2.04 bits per heavy atom. The number of benzene rings is 1. The lowest BCUT2D eigenvalue weighted by Crippen LogP contribution is -1.95. The summed E-state index contributed by atoms with van der Waals surface area (Å²) in [4.78, 5) is 0. The molecule has 1 aromatic carbocycles. The first-order valence-electron chi connectivity index (χ1n) is 7.18. The molecule has 2 heterocycles. The van der Waals surface area contributed by atoms with Crippen molar-refractivity contribution in [1.82, 2.24) is 15.4 Å². The second-order valence-electron chi connectivity index (χ2n) is 5.16. The SMILES string of the molecule is Cc1cccc(OCc2nnc(SCc3c(C)noc3C)o2)c1. The predicted octanol–water partition coefficient (Wildman–Crippen LogP) is 3.85. The van der Waals surface area contributed by atoms with Crippen LogP contribution in [0.25, 0.3) is 0 Å². The van der Waals surface area contributed by atoms with Gasteiger partial charge in [0.15, 0.2) is 6.61 Å². The Morgan fingerprint density at radius 3 is 2.78 bits per heavy atom. The Labute approximate surface area is 138 Å². The third-order valence-electron chi connectivity index (χ3n) is 3.32. The molecule has 0 saturated carbocycles. The van der Waals surface area contributed by atoms with Crippen LogP contribution in [0.15, 0.2) is 38.4 Å². The quantitative estimate of drug-likeness (QED) is 0.635. The van der Waals surface area contributed by atoms with Gasteiger partial charge in [0.25, 0.3) is 11.1 Å². The second-order valence-corrected chi connectivity index (χ2v) is 6.08. The van der Waals surface area contributed by atoms with Crippen LogP contribution in [0.4, 0.5) is 0 Å². The first-order valence-corrected chi connectivity index (χ1v) is 8.17. The van der Waals surface area contributed by atoms with Crippen LogP contribution in [0.2, 0.25) is 0 Å². The fraction of sp³-hybridized carbons (Fsp3) is 0.312. The molecule has 120 valence electrons. The molecule has 0 N–H and O–H groups in total. The van der Waals surface area contributed by atoms with E-state index in [9.17, 15) is 0 Å². The molecule has 0 fully saturated rings. The lowest BCUT2D eigenvalue weighted by atomic mass is 10.2. The zero-order valence-corrected chi connectivity index (χ0v) is 14.0. The number of ether oxygens (including phenoxy) is 1. The van der Waals surface area contributed by atoms with Crippen molar-refractivity contribution in [2.75, 3.05) is 0 Å². The highest BCUT2D eigenvalue weighted by atomic mass is 32.2. The molecule has 0 unspecified atom stereocenters. The van der Waals surface area contributed by atoms with Crippen molar-refractivity contribution < 1.29 is 13.7 Å². The van der Waals surface area contributed by atoms with Crippen LogP contribution in [0.3, 0.4) is 0 Å². The van der Waals surface area contributed by atoms with E-state index in [0.29, 0.717) is 16.9 Å². The molecule has 0 amide bonds. The van der Waals surface area contributed by atoms with Crippen LogP contribution in [0.5, 0.6) is 5.75 Å². The lowest BCUT2D eigenvalue weighted by Gasteiger charge is -2.03.